The van der Waals surface area contributed by atoms with E-state index in [1.165, 1.54) is 41.3 Å². The average molecular weight is 270 g/mol. The fraction of sp³-hybridized carbons (Fsp3) is 0.769. The van der Waals surface area contributed by atoms with Crippen molar-refractivity contribution in [1.82, 2.24) is 10.3 Å². The number of aryl methyl sites for hydroxylation is 2. The van der Waals surface area contributed by atoms with E-state index in [1.54, 1.807) is 0 Å². The van der Waals surface area contributed by atoms with Crippen LogP contribution in [0.25, 0.3) is 0 Å². The second-order valence-corrected chi connectivity index (χ2v) is 7.50. The Balaban J connectivity index is 1.84. The van der Waals surface area contributed by atoms with E-state index in [2.05, 4.69) is 30.4 Å². The molecule has 0 aliphatic heterocycles. The fourth-order valence-corrected chi connectivity index (χ4v) is 4.46. The number of aromatic nitrogens is 1. The number of hydrogen-bond donors (Lipinski definition) is 1. The lowest BCUT2D eigenvalue weighted by molar-refractivity contribution is 0.535. The summed E-state index contributed by atoms with van der Waals surface area (Å²) in [6.45, 7) is 6.33. The first kappa shape index (κ1) is 13.4. The molecular formula is C13H22N2S2. The molecule has 0 spiro atoms. The Hall–Kier alpha value is -0.0600. The van der Waals surface area contributed by atoms with Crippen LogP contribution in [-0.4, -0.2) is 22.5 Å². The van der Waals surface area contributed by atoms with Crippen LogP contribution in [0.15, 0.2) is 0 Å². The molecule has 1 N–H and O–H groups in total. The van der Waals surface area contributed by atoms with Crippen LogP contribution in [0.4, 0.5) is 0 Å². The van der Waals surface area contributed by atoms with Gasteiger partial charge in [0.25, 0.3) is 0 Å². The van der Waals surface area contributed by atoms with Gasteiger partial charge in [0.05, 0.1) is 10.7 Å². The van der Waals surface area contributed by atoms with Crippen molar-refractivity contribution in [2.75, 3.05) is 12.8 Å². The lowest BCUT2D eigenvalue weighted by atomic mass is 10.1. The monoisotopic (exact) mass is 270 g/mol. The normalized spacial score (nSPS) is 18.8. The molecule has 0 amide bonds. The summed E-state index contributed by atoms with van der Waals surface area (Å²) in [5, 5.41) is 4.82. The van der Waals surface area contributed by atoms with E-state index in [0.717, 1.165) is 13.1 Å². The van der Waals surface area contributed by atoms with Crippen molar-refractivity contribution < 1.29 is 0 Å². The lowest BCUT2D eigenvalue weighted by Gasteiger charge is -2.27. The van der Waals surface area contributed by atoms with Crippen LogP contribution >= 0.6 is 23.1 Å². The molecule has 0 unspecified atom stereocenters. The van der Waals surface area contributed by atoms with Crippen LogP contribution in [0.2, 0.25) is 0 Å². The second kappa shape index (κ2) is 5.72. The Morgan fingerprint density at radius 3 is 2.59 bits per heavy atom. The van der Waals surface area contributed by atoms with Crippen molar-refractivity contribution in [2.24, 2.45) is 0 Å². The van der Waals surface area contributed by atoms with Gasteiger partial charge in [-0.1, -0.05) is 12.8 Å². The summed E-state index contributed by atoms with van der Waals surface area (Å²) in [6.07, 6.45) is 7.82. The molecule has 0 atom stereocenters. The van der Waals surface area contributed by atoms with Crippen molar-refractivity contribution in [1.29, 1.82) is 0 Å². The van der Waals surface area contributed by atoms with Crippen molar-refractivity contribution in [3.8, 4) is 0 Å². The number of rotatable bonds is 5. The highest BCUT2D eigenvalue weighted by Crippen LogP contribution is 2.39. The smallest absolute Gasteiger partial charge is 0.0900 e. The van der Waals surface area contributed by atoms with E-state index in [9.17, 15) is 0 Å². The highest BCUT2D eigenvalue weighted by atomic mass is 32.2. The molecule has 17 heavy (non-hydrogen) atoms. The molecule has 1 aromatic heterocycles. The molecule has 1 heterocycles. The lowest BCUT2D eigenvalue weighted by Crippen LogP contribution is -2.34. The summed E-state index contributed by atoms with van der Waals surface area (Å²) in [5.74, 6) is 0. The third-order valence-corrected chi connectivity index (χ3v) is 6.17. The molecule has 1 saturated carbocycles. The SMILES string of the molecule is CSC1(CNCc2sc(C)nc2C)CCCC1. The third kappa shape index (κ3) is 3.24. The van der Waals surface area contributed by atoms with Gasteiger partial charge in [-0.2, -0.15) is 11.8 Å². The highest BCUT2D eigenvalue weighted by Gasteiger charge is 2.32. The predicted octanol–water partition coefficient (Wildman–Crippen LogP) is 3.53. The first-order valence-corrected chi connectivity index (χ1v) is 8.38. The Morgan fingerprint density at radius 1 is 1.35 bits per heavy atom. The molecule has 0 aromatic carbocycles. The highest BCUT2D eigenvalue weighted by molar-refractivity contribution is 8.00. The topological polar surface area (TPSA) is 24.9 Å². The van der Waals surface area contributed by atoms with Crippen LogP contribution in [0.1, 0.15) is 41.3 Å². The summed E-state index contributed by atoms with van der Waals surface area (Å²) in [5.41, 5.74) is 1.20. The largest absolute Gasteiger partial charge is 0.310 e. The molecular weight excluding hydrogens is 248 g/mol. The number of thioether (sulfide) groups is 1. The number of hydrogen-bond acceptors (Lipinski definition) is 4. The Morgan fingerprint density at radius 2 is 2.06 bits per heavy atom. The molecule has 0 saturated heterocycles. The maximum absolute atomic E-state index is 4.47. The Kier molecular flexibility index (Phi) is 4.50. The van der Waals surface area contributed by atoms with Gasteiger partial charge in [-0.05, 0) is 32.9 Å². The summed E-state index contributed by atoms with van der Waals surface area (Å²) in [7, 11) is 0. The molecule has 96 valence electrons. The van der Waals surface area contributed by atoms with Gasteiger partial charge in [0.15, 0.2) is 0 Å². The quantitative estimate of drug-likeness (QED) is 0.886. The second-order valence-electron chi connectivity index (χ2n) is 4.94. The van der Waals surface area contributed by atoms with Crippen LogP contribution in [-0.2, 0) is 6.54 Å². The van der Waals surface area contributed by atoms with Crippen molar-refractivity contribution in [2.45, 2.75) is 50.8 Å². The fourth-order valence-electron chi connectivity index (χ4n) is 2.61. The zero-order valence-corrected chi connectivity index (χ0v) is 12.6. The summed E-state index contributed by atoms with van der Waals surface area (Å²) in [6, 6.07) is 0. The van der Waals surface area contributed by atoms with Crippen molar-refractivity contribution in [3.63, 3.8) is 0 Å². The molecule has 2 rings (SSSR count). The minimum absolute atomic E-state index is 0.508. The standard InChI is InChI=1S/C13H22N2S2/c1-10-12(17-11(2)15-10)8-14-9-13(16-3)6-4-5-7-13/h14H,4-9H2,1-3H3. The summed E-state index contributed by atoms with van der Waals surface area (Å²) in [4.78, 5) is 5.87. The van der Waals surface area contributed by atoms with Crippen molar-refractivity contribution >= 4 is 23.1 Å². The van der Waals surface area contributed by atoms with E-state index in [0.29, 0.717) is 4.75 Å². The van der Waals surface area contributed by atoms with Gasteiger partial charge >= 0.3 is 0 Å². The maximum atomic E-state index is 4.47. The van der Waals surface area contributed by atoms with Crippen LogP contribution in [0.3, 0.4) is 0 Å². The predicted molar refractivity (Wildman–Crippen MR) is 78.0 cm³/mol. The van der Waals surface area contributed by atoms with E-state index in [1.807, 2.05) is 23.1 Å². The molecule has 2 nitrogen and oxygen atoms in total. The Bertz CT molecular complexity index is 367. The molecule has 0 bridgehead atoms. The molecule has 1 aliphatic carbocycles. The molecule has 1 aliphatic rings. The van der Waals surface area contributed by atoms with Crippen LogP contribution in [0.5, 0.6) is 0 Å². The molecule has 1 aromatic rings. The van der Waals surface area contributed by atoms with Crippen molar-refractivity contribution in [3.05, 3.63) is 15.6 Å². The maximum Gasteiger partial charge on any atom is 0.0900 e. The minimum Gasteiger partial charge on any atom is -0.310 e. The van der Waals surface area contributed by atoms with Gasteiger partial charge in [0.2, 0.25) is 0 Å². The summed E-state index contributed by atoms with van der Waals surface area (Å²) < 4.78 is 0.508. The van der Waals surface area contributed by atoms with Gasteiger partial charge in [-0.3, -0.25) is 0 Å². The van der Waals surface area contributed by atoms with Gasteiger partial charge in [0, 0.05) is 22.7 Å². The number of thiazole rings is 1. The number of nitrogens with zero attached hydrogens (tertiary/aromatic N) is 1. The third-order valence-electron chi connectivity index (χ3n) is 3.68. The van der Waals surface area contributed by atoms with Gasteiger partial charge in [-0.15, -0.1) is 11.3 Å². The van der Waals surface area contributed by atoms with E-state index >= 15 is 0 Å². The number of nitrogens with one attached hydrogen (secondary N) is 1. The first-order valence-electron chi connectivity index (χ1n) is 6.34. The summed E-state index contributed by atoms with van der Waals surface area (Å²) >= 11 is 3.87. The Labute approximate surface area is 113 Å². The zero-order valence-electron chi connectivity index (χ0n) is 11.0. The van der Waals surface area contributed by atoms with Gasteiger partial charge in [0.1, 0.15) is 0 Å². The van der Waals surface area contributed by atoms with Gasteiger partial charge in [-0.25, -0.2) is 4.98 Å². The average Bonchev–Trinajstić information content (AvgIpc) is 2.88. The van der Waals surface area contributed by atoms with E-state index < -0.39 is 0 Å². The minimum atomic E-state index is 0.508. The van der Waals surface area contributed by atoms with Crippen LogP contribution in [0, 0.1) is 13.8 Å². The van der Waals surface area contributed by atoms with Gasteiger partial charge < -0.3 is 5.32 Å². The van der Waals surface area contributed by atoms with E-state index in [-0.39, 0.29) is 0 Å². The van der Waals surface area contributed by atoms with E-state index in [4.69, 9.17) is 0 Å². The van der Waals surface area contributed by atoms with Crippen LogP contribution < -0.4 is 5.32 Å². The molecule has 4 heteroatoms. The first-order chi connectivity index (χ1) is 8.15. The molecule has 1 fully saturated rings. The zero-order chi connectivity index (χ0) is 12.3. The molecule has 0 radical (unpaired) electrons.